The Morgan fingerprint density at radius 1 is 1.23 bits per heavy atom. The number of para-hydroxylation sites is 1. The van der Waals surface area contributed by atoms with Gasteiger partial charge >= 0.3 is 6.09 Å². The molecule has 1 N–H and O–H groups in total. The molecular weight excluding hydrogens is 510 g/mol. The Balaban J connectivity index is 1.39. The van der Waals surface area contributed by atoms with Crippen LogP contribution in [0.2, 0.25) is 0 Å². The Bertz CT molecular complexity index is 1430. The number of anilines is 1. The quantitative estimate of drug-likeness (QED) is 0.297. The van der Waals surface area contributed by atoms with Gasteiger partial charge in [-0.15, -0.1) is 0 Å². The zero-order valence-corrected chi connectivity index (χ0v) is 24.1. The maximum absolute atomic E-state index is 12.7. The molecule has 0 spiro atoms. The molecule has 10 heteroatoms. The van der Waals surface area contributed by atoms with Crippen molar-refractivity contribution in [1.29, 1.82) is 0 Å². The minimum absolute atomic E-state index is 0.232. The highest BCUT2D eigenvalue weighted by molar-refractivity contribution is 7.99. The van der Waals surface area contributed by atoms with Gasteiger partial charge in [-0.2, -0.15) is 10.2 Å². The van der Waals surface area contributed by atoms with E-state index in [1.54, 1.807) is 18.0 Å². The molecule has 0 aliphatic carbocycles. The molecule has 1 saturated heterocycles. The second kappa shape index (κ2) is 11.3. The molecule has 4 heterocycles. The van der Waals surface area contributed by atoms with Crippen molar-refractivity contribution in [3.63, 3.8) is 0 Å². The van der Waals surface area contributed by atoms with Crippen molar-refractivity contribution in [2.24, 2.45) is 0 Å². The second-order valence-corrected chi connectivity index (χ2v) is 12.5. The van der Waals surface area contributed by atoms with Crippen molar-refractivity contribution in [2.45, 2.75) is 75.8 Å². The molecule has 1 atom stereocenters. The molecule has 0 saturated carbocycles. The van der Waals surface area contributed by atoms with E-state index in [1.165, 1.54) is 0 Å². The highest BCUT2D eigenvalue weighted by Crippen LogP contribution is 2.32. The van der Waals surface area contributed by atoms with Gasteiger partial charge in [-0.1, -0.05) is 43.8 Å². The topological polar surface area (TPSA) is 89.6 Å². The Morgan fingerprint density at radius 3 is 2.79 bits per heavy atom. The summed E-state index contributed by atoms with van der Waals surface area (Å²) in [6, 6.07) is 12.2. The average molecular weight is 548 g/mol. The molecule has 5 rings (SSSR count). The van der Waals surface area contributed by atoms with Crippen LogP contribution < -0.4 is 5.32 Å². The van der Waals surface area contributed by atoms with Gasteiger partial charge in [0, 0.05) is 37.3 Å². The third-order valence-electron chi connectivity index (χ3n) is 6.59. The fourth-order valence-corrected chi connectivity index (χ4v) is 5.92. The van der Waals surface area contributed by atoms with Crippen LogP contribution in [0.5, 0.6) is 0 Å². The van der Waals surface area contributed by atoms with E-state index < -0.39 is 5.60 Å². The molecule has 1 unspecified atom stereocenters. The summed E-state index contributed by atoms with van der Waals surface area (Å²) in [6.07, 6.45) is 7.36. The fraction of sp³-hybridized carbons (Fsp3) is 0.448. The number of ether oxygens (including phenoxy) is 1. The summed E-state index contributed by atoms with van der Waals surface area (Å²) >= 11 is 1.72. The minimum Gasteiger partial charge on any atom is -0.444 e. The van der Waals surface area contributed by atoms with Crippen LogP contribution in [0.25, 0.3) is 11.3 Å². The SMILES string of the molecule is CC(C)c1cnc2c(NCc3ccccc3-n3cccn3)cc(SC3CCCN(C(=O)OC(C)(C)C)C3)nn12. The first-order chi connectivity index (χ1) is 18.7. The van der Waals surface area contributed by atoms with Gasteiger partial charge in [0.1, 0.15) is 10.6 Å². The molecule has 3 aromatic heterocycles. The van der Waals surface area contributed by atoms with Gasteiger partial charge in [0.2, 0.25) is 0 Å². The number of benzene rings is 1. The molecule has 4 aromatic rings. The number of rotatable bonds is 7. The van der Waals surface area contributed by atoms with Gasteiger partial charge < -0.3 is 15.0 Å². The standard InChI is InChI=1S/C29H37N7O2S/c1-20(2)25-18-31-27-23(30-17-21-10-6-7-12-24(21)35-15-9-13-32-35)16-26(33-36(25)27)39-22-11-8-14-34(19-22)28(37)38-29(3,4)5/h6-7,9-10,12-13,15-16,18,20,22,30H,8,11,14,17,19H2,1-5H3. The van der Waals surface area contributed by atoms with Crippen molar-refractivity contribution < 1.29 is 9.53 Å². The number of amides is 1. The average Bonchev–Trinajstić information content (AvgIpc) is 3.57. The number of nitrogens with one attached hydrogen (secondary N) is 1. The number of carbonyl (C=O) groups is 1. The van der Waals surface area contributed by atoms with E-state index >= 15 is 0 Å². The zero-order valence-electron chi connectivity index (χ0n) is 23.3. The molecule has 1 aromatic carbocycles. The van der Waals surface area contributed by atoms with E-state index in [1.807, 2.05) is 65.5 Å². The Morgan fingerprint density at radius 2 is 2.05 bits per heavy atom. The number of carbonyl (C=O) groups excluding carboxylic acids is 1. The van der Waals surface area contributed by atoms with Crippen LogP contribution in [0.3, 0.4) is 0 Å². The summed E-state index contributed by atoms with van der Waals surface area (Å²) in [7, 11) is 0. The van der Waals surface area contributed by atoms with Gasteiger partial charge in [0.15, 0.2) is 5.65 Å². The van der Waals surface area contributed by atoms with Crippen LogP contribution in [0.1, 0.15) is 64.6 Å². The van der Waals surface area contributed by atoms with Crippen molar-refractivity contribution in [1.82, 2.24) is 29.3 Å². The van der Waals surface area contributed by atoms with Crippen LogP contribution >= 0.6 is 11.8 Å². The minimum atomic E-state index is -0.505. The van der Waals surface area contributed by atoms with Crippen LogP contribution in [0.15, 0.2) is 60.0 Å². The van der Waals surface area contributed by atoms with Gasteiger partial charge in [-0.3, -0.25) is 0 Å². The number of hydrogen-bond acceptors (Lipinski definition) is 7. The van der Waals surface area contributed by atoms with E-state index in [4.69, 9.17) is 14.8 Å². The van der Waals surface area contributed by atoms with Gasteiger partial charge in [-0.05, 0) is 63.3 Å². The van der Waals surface area contributed by atoms with Crippen LogP contribution in [-0.4, -0.2) is 59.3 Å². The summed E-state index contributed by atoms with van der Waals surface area (Å²) in [4.78, 5) is 19.3. The van der Waals surface area contributed by atoms with Crippen molar-refractivity contribution in [3.05, 3.63) is 66.2 Å². The summed E-state index contributed by atoms with van der Waals surface area (Å²) in [5.41, 5.74) is 4.45. The number of fused-ring (bicyclic) bond motifs is 1. The van der Waals surface area contributed by atoms with Gasteiger partial charge in [0.05, 0.1) is 23.3 Å². The van der Waals surface area contributed by atoms with E-state index in [0.717, 1.165) is 52.7 Å². The fourth-order valence-electron chi connectivity index (χ4n) is 4.73. The summed E-state index contributed by atoms with van der Waals surface area (Å²) in [5.74, 6) is 0.276. The van der Waals surface area contributed by atoms with Crippen molar-refractivity contribution in [2.75, 3.05) is 18.4 Å². The molecule has 9 nitrogen and oxygen atoms in total. The molecule has 1 fully saturated rings. The van der Waals surface area contributed by atoms with Crippen LogP contribution in [-0.2, 0) is 11.3 Å². The van der Waals surface area contributed by atoms with E-state index in [0.29, 0.717) is 13.1 Å². The summed E-state index contributed by atoms with van der Waals surface area (Å²) in [6.45, 7) is 12.0. The number of nitrogens with zero attached hydrogens (tertiary/aromatic N) is 6. The summed E-state index contributed by atoms with van der Waals surface area (Å²) in [5, 5.41) is 14.2. The monoisotopic (exact) mass is 547 g/mol. The lowest BCUT2D eigenvalue weighted by Gasteiger charge is -2.33. The number of aromatic nitrogens is 5. The lowest BCUT2D eigenvalue weighted by Crippen LogP contribution is -2.43. The van der Waals surface area contributed by atoms with Gasteiger partial charge in [-0.25, -0.2) is 19.0 Å². The predicted octanol–water partition coefficient (Wildman–Crippen LogP) is 6.14. The predicted molar refractivity (Wildman–Crippen MR) is 155 cm³/mol. The van der Waals surface area contributed by atoms with Crippen molar-refractivity contribution >= 4 is 29.2 Å². The number of hydrogen-bond donors (Lipinski definition) is 1. The highest BCUT2D eigenvalue weighted by atomic mass is 32.2. The smallest absolute Gasteiger partial charge is 0.410 e. The first-order valence-corrected chi connectivity index (χ1v) is 14.4. The highest BCUT2D eigenvalue weighted by Gasteiger charge is 2.29. The molecule has 206 valence electrons. The summed E-state index contributed by atoms with van der Waals surface area (Å²) < 4.78 is 9.47. The largest absolute Gasteiger partial charge is 0.444 e. The molecule has 1 amide bonds. The third kappa shape index (κ3) is 6.38. The molecular formula is C29H37N7O2S. The number of imidazole rings is 1. The number of piperidine rings is 1. The van der Waals surface area contributed by atoms with Crippen LogP contribution in [0.4, 0.5) is 10.5 Å². The maximum atomic E-state index is 12.7. The maximum Gasteiger partial charge on any atom is 0.410 e. The normalized spacial score (nSPS) is 16.2. The van der Waals surface area contributed by atoms with Crippen LogP contribution in [0, 0.1) is 0 Å². The first kappa shape index (κ1) is 27.1. The number of thioether (sulfide) groups is 1. The lowest BCUT2D eigenvalue weighted by molar-refractivity contribution is 0.0220. The molecule has 1 aliphatic heterocycles. The third-order valence-corrected chi connectivity index (χ3v) is 7.75. The molecule has 1 aliphatic rings. The molecule has 39 heavy (non-hydrogen) atoms. The molecule has 0 bridgehead atoms. The lowest BCUT2D eigenvalue weighted by atomic mass is 10.1. The Hall–Kier alpha value is -3.53. The molecule has 0 radical (unpaired) electrons. The van der Waals surface area contributed by atoms with E-state index in [2.05, 4.69) is 42.5 Å². The number of likely N-dealkylation sites (tertiary alicyclic amines) is 1. The first-order valence-electron chi connectivity index (χ1n) is 13.5. The second-order valence-electron chi connectivity index (χ2n) is 11.2. The zero-order chi connectivity index (χ0) is 27.6. The Labute approximate surface area is 233 Å². The van der Waals surface area contributed by atoms with Gasteiger partial charge in [0.25, 0.3) is 0 Å². The van der Waals surface area contributed by atoms with E-state index in [-0.39, 0.29) is 17.3 Å². The van der Waals surface area contributed by atoms with E-state index in [9.17, 15) is 4.79 Å². The van der Waals surface area contributed by atoms with Crippen molar-refractivity contribution in [3.8, 4) is 5.69 Å². The Kier molecular flexibility index (Phi) is 7.83.